The minimum absolute atomic E-state index is 0.165. The number of nitrogens with zero attached hydrogens (tertiary/aromatic N) is 2. The second-order valence-corrected chi connectivity index (χ2v) is 7.69. The zero-order valence-corrected chi connectivity index (χ0v) is 15.0. The lowest BCUT2D eigenvalue weighted by molar-refractivity contribution is -0.122. The summed E-state index contributed by atoms with van der Waals surface area (Å²) in [5.41, 5.74) is 0.851. The molecule has 1 aromatic rings. The number of carbonyl (C=O) groups excluding carboxylic acids is 1. The van der Waals surface area contributed by atoms with Crippen LogP contribution in [-0.4, -0.2) is 48.7 Å². The number of amides is 1. The average Bonchev–Trinajstić information content (AvgIpc) is 2.56. The molecule has 1 unspecified atom stereocenters. The Bertz CT molecular complexity index is 538. The van der Waals surface area contributed by atoms with Crippen LogP contribution in [0.15, 0.2) is 30.3 Å². The molecule has 132 valence electrons. The van der Waals surface area contributed by atoms with Gasteiger partial charge in [-0.3, -0.25) is 9.69 Å². The molecule has 4 nitrogen and oxygen atoms in total. The lowest BCUT2D eigenvalue weighted by Crippen LogP contribution is -2.51. The van der Waals surface area contributed by atoms with Gasteiger partial charge >= 0.3 is 0 Å². The highest BCUT2D eigenvalue weighted by Gasteiger charge is 2.35. The molecule has 4 heteroatoms. The lowest BCUT2D eigenvalue weighted by atomic mass is 9.92. The standard InChI is InChI=1S/C20H30N2O2/c1-20(2)15-18(11-14-24-20)22(17-9-5-3-6-10-17)19(23)16-21-12-7-4-8-13-21/h3,5-6,9-10,18H,4,7-8,11-16H2,1-2H3. The van der Waals surface area contributed by atoms with Crippen molar-refractivity contribution < 1.29 is 9.53 Å². The van der Waals surface area contributed by atoms with Crippen LogP contribution in [0.4, 0.5) is 5.69 Å². The summed E-state index contributed by atoms with van der Waals surface area (Å²) in [4.78, 5) is 17.5. The highest BCUT2D eigenvalue weighted by atomic mass is 16.5. The van der Waals surface area contributed by atoms with Gasteiger partial charge in [0.2, 0.25) is 5.91 Å². The molecule has 2 saturated heterocycles. The maximum Gasteiger partial charge on any atom is 0.241 e. The van der Waals surface area contributed by atoms with Crippen LogP contribution in [0.2, 0.25) is 0 Å². The van der Waals surface area contributed by atoms with Crippen molar-refractivity contribution >= 4 is 11.6 Å². The molecule has 24 heavy (non-hydrogen) atoms. The highest BCUT2D eigenvalue weighted by molar-refractivity contribution is 5.95. The van der Waals surface area contributed by atoms with Gasteiger partial charge in [0.15, 0.2) is 0 Å². The summed E-state index contributed by atoms with van der Waals surface area (Å²) in [6.45, 7) is 7.60. The van der Waals surface area contributed by atoms with Crippen molar-refractivity contribution in [2.75, 3.05) is 31.1 Å². The van der Waals surface area contributed by atoms with E-state index in [1.54, 1.807) is 0 Å². The monoisotopic (exact) mass is 330 g/mol. The van der Waals surface area contributed by atoms with Crippen molar-refractivity contribution in [3.63, 3.8) is 0 Å². The SMILES string of the molecule is CC1(C)CC(N(C(=O)CN2CCCCC2)c2ccccc2)CCO1. The van der Waals surface area contributed by atoms with Crippen molar-refractivity contribution in [2.45, 2.75) is 57.6 Å². The summed E-state index contributed by atoms with van der Waals surface area (Å²) in [7, 11) is 0. The Labute approximate surface area is 145 Å². The van der Waals surface area contributed by atoms with Gasteiger partial charge in [0, 0.05) is 18.3 Å². The molecule has 0 N–H and O–H groups in total. The van der Waals surface area contributed by atoms with Crippen molar-refractivity contribution in [3.8, 4) is 0 Å². The molecule has 1 atom stereocenters. The van der Waals surface area contributed by atoms with Crippen molar-refractivity contribution in [3.05, 3.63) is 30.3 Å². The van der Waals surface area contributed by atoms with Gasteiger partial charge < -0.3 is 9.64 Å². The van der Waals surface area contributed by atoms with E-state index >= 15 is 0 Å². The van der Waals surface area contributed by atoms with Gasteiger partial charge in [-0.1, -0.05) is 24.6 Å². The molecule has 2 aliphatic rings. The topological polar surface area (TPSA) is 32.8 Å². The van der Waals surface area contributed by atoms with Crippen molar-refractivity contribution in [1.29, 1.82) is 0 Å². The first-order chi connectivity index (χ1) is 11.6. The molecule has 0 spiro atoms. The van der Waals surface area contributed by atoms with Crippen molar-refractivity contribution in [2.24, 2.45) is 0 Å². The third-order valence-electron chi connectivity index (χ3n) is 5.15. The predicted molar refractivity (Wildman–Crippen MR) is 97.3 cm³/mol. The lowest BCUT2D eigenvalue weighted by Gasteiger charge is -2.42. The van der Waals surface area contributed by atoms with Crippen LogP contribution >= 0.6 is 0 Å². The van der Waals surface area contributed by atoms with Crippen LogP contribution in [0.1, 0.15) is 46.0 Å². The Kier molecular flexibility index (Phi) is 5.57. The summed E-state index contributed by atoms with van der Waals surface area (Å²) in [6.07, 6.45) is 5.50. The van der Waals surface area contributed by atoms with Crippen LogP contribution in [-0.2, 0) is 9.53 Å². The van der Waals surface area contributed by atoms with E-state index in [0.717, 1.165) is 38.2 Å². The number of hydrogen-bond acceptors (Lipinski definition) is 3. The fourth-order valence-corrected chi connectivity index (χ4v) is 3.95. The third-order valence-corrected chi connectivity index (χ3v) is 5.15. The van der Waals surface area contributed by atoms with Gasteiger partial charge in [0.1, 0.15) is 0 Å². The normalized spacial score (nSPS) is 24.5. The first kappa shape index (κ1) is 17.4. The minimum atomic E-state index is -0.165. The van der Waals surface area contributed by atoms with Gasteiger partial charge in [0.25, 0.3) is 0 Å². The Morgan fingerprint density at radius 1 is 1.21 bits per heavy atom. The quantitative estimate of drug-likeness (QED) is 0.847. The van der Waals surface area contributed by atoms with Crippen LogP contribution in [0, 0.1) is 0 Å². The zero-order valence-electron chi connectivity index (χ0n) is 15.0. The first-order valence-corrected chi connectivity index (χ1v) is 9.29. The van der Waals surface area contributed by atoms with E-state index in [1.165, 1.54) is 19.3 Å². The molecule has 1 amide bonds. The summed E-state index contributed by atoms with van der Waals surface area (Å²) >= 11 is 0. The van der Waals surface area contributed by atoms with Crippen molar-refractivity contribution in [1.82, 2.24) is 4.90 Å². The molecule has 0 radical (unpaired) electrons. The summed E-state index contributed by atoms with van der Waals surface area (Å²) in [6, 6.07) is 10.4. The van der Waals surface area contributed by atoms with E-state index in [0.29, 0.717) is 6.54 Å². The van der Waals surface area contributed by atoms with E-state index in [1.807, 2.05) is 23.1 Å². The fraction of sp³-hybridized carbons (Fsp3) is 0.650. The molecule has 2 heterocycles. The largest absolute Gasteiger partial charge is 0.375 e. The molecular formula is C20H30N2O2. The molecule has 2 aliphatic heterocycles. The maximum absolute atomic E-state index is 13.2. The molecule has 0 bridgehead atoms. The van der Waals surface area contributed by atoms with Gasteiger partial charge in [0.05, 0.1) is 12.1 Å². The smallest absolute Gasteiger partial charge is 0.241 e. The molecular weight excluding hydrogens is 300 g/mol. The number of hydrogen-bond donors (Lipinski definition) is 0. The molecule has 1 aromatic carbocycles. The van der Waals surface area contributed by atoms with E-state index < -0.39 is 0 Å². The van der Waals surface area contributed by atoms with E-state index in [-0.39, 0.29) is 17.6 Å². The fourth-order valence-electron chi connectivity index (χ4n) is 3.95. The van der Waals surface area contributed by atoms with Crippen LogP contribution in [0.5, 0.6) is 0 Å². The number of rotatable bonds is 4. The molecule has 0 aliphatic carbocycles. The Hall–Kier alpha value is -1.39. The second-order valence-electron chi connectivity index (χ2n) is 7.69. The molecule has 3 rings (SSSR count). The number of likely N-dealkylation sites (tertiary alicyclic amines) is 1. The minimum Gasteiger partial charge on any atom is -0.375 e. The van der Waals surface area contributed by atoms with Crippen LogP contribution < -0.4 is 4.90 Å². The number of ether oxygens (including phenoxy) is 1. The number of anilines is 1. The second kappa shape index (κ2) is 7.66. The van der Waals surface area contributed by atoms with Crippen LogP contribution in [0.3, 0.4) is 0 Å². The Morgan fingerprint density at radius 2 is 1.92 bits per heavy atom. The Balaban J connectivity index is 1.78. The van der Waals surface area contributed by atoms with Gasteiger partial charge in [-0.15, -0.1) is 0 Å². The summed E-state index contributed by atoms with van der Waals surface area (Å²) < 4.78 is 5.86. The van der Waals surface area contributed by atoms with Gasteiger partial charge in [-0.25, -0.2) is 0 Å². The summed E-state index contributed by atoms with van der Waals surface area (Å²) in [5.74, 6) is 0.228. The van der Waals surface area contributed by atoms with Crippen LogP contribution in [0.25, 0.3) is 0 Å². The van der Waals surface area contributed by atoms with E-state index in [2.05, 4.69) is 30.9 Å². The maximum atomic E-state index is 13.2. The zero-order chi connectivity index (χ0) is 17.0. The molecule has 0 saturated carbocycles. The predicted octanol–water partition coefficient (Wildman–Crippen LogP) is 3.46. The average molecular weight is 330 g/mol. The molecule has 2 fully saturated rings. The van der Waals surface area contributed by atoms with Gasteiger partial charge in [-0.2, -0.15) is 0 Å². The van der Waals surface area contributed by atoms with Gasteiger partial charge in [-0.05, 0) is 64.8 Å². The number of piperidine rings is 1. The number of benzene rings is 1. The highest BCUT2D eigenvalue weighted by Crippen LogP contribution is 2.30. The number of carbonyl (C=O) groups is 1. The van der Waals surface area contributed by atoms with E-state index in [9.17, 15) is 4.79 Å². The van der Waals surface area contributed by atoms with E-state index in [4.69, 9.17) is 4.74 Å². The number of para-hydroxylation sites is 1. The summed E-state index contributed by atoms with van der Waals surface area (Å²) in [5, 5.41) is 0. The first-order valence-electron chi connectivity index (χ1n) is 9.29. The Morgan fingerprint density at radius 3 is 2.58 bits per heavy atom. The molecule has 0 aromatic heterocycles. The third kappa shape index (κ3) is 4.37.